The Bertz CT molecular complexity index is 2420. The Morgan fingerprint density at radius 1 is 1.05 bits per heavy atom. The van der Waals surface area contributed by atoms with E-state index in [4.69, 9.17) is 18.9 Å². The van der Waals surface area contributed by atoms with Crippen molar-refractivity contribution in [3.05, 3.63) is 106 Å². The first-order valence-electron chi connectivity index (χ1n) is 19.3. The maximum atomic E-state index is 14.6. The molecule has 1 saturated carbocycles. The lowest BCUT2D eigenvalue weighted by Gasteiger charge is -2.47. The summed E-state index contributed by atoms with van der Waals surface area (Å²) in [5.74, 6) is -0.927. The van der Waals surface area contributed by atoms with Crippen LogP contribution in [0.15, 0.2) is 72.9 Å². The predicted molar refractivity (Wildman–Crippen MR) is 208 cm³/mol. The number of rotatable bonds is 7. The van der Waals surface area contributed by atoms with E-state index in [1.807, 2.05) is 48.7 Å². The van der Waals surface area contributed by atoms with Crippen LogP contribution in [0.25, 0.3) is 27.8 Å². The molecule has 296 valence electrons. The molecule has 1 amide bonds. The van der Waals surface area contributed by atoms with E-state index < -0.39 is 54.4 Å². The fraction of sp³-hybridized carbons (Fsp3) is 0.364. The van der Waals surface area contributed by atoms with E-state index in [1.165, 1.54) is 12.0 Å². The summed E-state index contributed by atoms with van der Waals surface area (Å²) in [6.45, 7) is -1.35. The number of benzene rings is 4. The number of aromatic nitrogens is 1. The summed E-state index contributed by atoms with van der Waals surface area (Å²) in [7, 11) is 1.48. The van der Waals surface area contributed by atoms with Crippen molar-refractivity contribution in [2.24, 2.45) is 0 Å². The van der Waals surface area contributed by atoms with Gasteiger partial charge in [0, 0.05) is 34.8 Å². The van der Waals surface area contributed by atoms with Gasteiger partial charge in [-0.1, -0.05) is 55.3 Å². The van der Waals surface area contributed by atoms with E-state index in [-0.39, 0.29) is 53.8 Å². The van der Waals surface area contributed by atoms with Gasteiger partial charge in [0.1, 0.15) is 41.7 Å². The highest BCUT2D eigenvalue weighted by atomic mass is 16.7. The average Bonchev–Trinajstić information content (AvgIpc) is 3.98. The van der Waals surface area contributed by atoms with E-state index in [9.17, 15) is 35.1 Å². The number of aliphatic hydroxyl groups is 4. The number of hydrogen-bond acceptors (Lipinski definition) is 11. The lowest BCUT2D eigenvalue weighted by atomic mass is 9.86. The predicted octanol–water partition coefficient (Wildman–Crippen LogP) is 4.87. The molecule has 13 heteroatoms. The van der Waals surface area contributed by atoms with Crippen LogP contribution >= 0.6 is 0 Å². The molecule has 6 N–H and O–H groups in total. The van der Waals surface area contributed by atoms with Crippen molar-refractivity contribution < 1.29 is 54.1 Å². The zero-order valence-electron chi connectivity index (χ0n) is 31.3. The van der Waals surface area contributed by atoms with Gasteiger partial charge in [-0.2, -0.15) is 0 Å². The number of methoxy groups -OCH3 is 1. The van der Waals surface area contributed by atoms with Crippen LogP contribution in [0.2, 0.25) is 0 Å². The van der Waals surface area contributed by atoms with Gasteiger partial charge < -0.3 is 54.4 Å². The fourth-order valence-electron chi connectivity index (χ4n) is 9.02. The molecule has 1 saturated heterocycles. The molecule has 0 unspecified atom stereocenters. The molecule has 6 atom stereocenters. The Morgan fingerprint density at radius 3 is 2.60 bits per heavy atom. The number of fused-ring (bicyclic) bond motifs is 7. The molecule has 0 radical (unpaired) electrons. The van der Waals surface area contributed by atoms with Gasteiger partial charge in [-0.3, -0.25) is 9.59 Å². The molecule has 1 aromatic heterocycles. The largest absolute Gasteiger partial charge is 0.506 e. The molecule has 9 rings (SSSR count). The summed E-state index contributed by atoms with van der Waals surface area (Å²) in [5, 5.41) is 58.7. The molecule has 0 spiro atoms. The number of H-pyrrole nitrogens is 1. The monoisotopic (exact) mass is 776 g/mol. The Kier molecular flexibility index (Phi) is 9.55. The molecule has 4 aliphatic rings. The summed E-state index contributed by atoms with van der Waals surface area (Å²) in [5.41, 5.74) is 1.40. The summed E-state index contributed by atoms with van der Waals surface area (Å²) < 4.78 is 25.0. The van der Waals surface area contributed by atoms with Crippen molar-refractivity contribution in [3.63, 3.8) is 0 Å². The van der Waals surface area contributed by atoms with Gasteiger partial charge in [-0.25, -0.2) is 0 Å². The minimum absolute atomic E-state index is 0.0394. The Morgan fingerprint density at radius 2 is 1.82 bits per heavy atom. The number of aliphatic hydroxyl groups excluding tert-OH is 3. The van der Waals surface area contributed by atoms with Gasteiger partial charge in [-0.05, 0) is 65.6 Å². The van der Waals surface area contributed by atoms with Gasteiger partial charge in [0.25, 0.3) is 5.91 Å². The average molecular weight is 777 g/mol. The van der Waals surface area contributed by atoms with E-state index in [2.05, 4.69) is 4.98 Å². The van der Waals surface area contributed by atoms with Crippen molar-refractivity contribution in [1.82, 2.24) is 9.88 Å². The number of phenols is 1. The SMILES string of the molecule is COc1cc2cc(C3CCCC3)c(C(=O)CN3Cc4ccccc4C3=O)c(O)c2c2c1/C=C/[C@H](c1c[nH]c3ccccc13)OC[C@H]1O[C@H](O2)[C@@](O)(CO)[C@@H](O)[C@@H]1O. The van der Waals surface area contributed by atoms with Crippen LogP contribution in [-0.4, -0.2) is 104 Å². The summed E-state index contributed by atoms with van der Waals surface area (Å²) >= 11 is 0. The van der Waals surface area contributed by atoms with Crippen molar-refractivity contribution in [2.75, 3.05) is 26.9 Å². The van der Waals surface area contributed by atoms with Crippen LogP contribution in [0.3, 0.4) is 0 Å². The minimum Gasteiger partial charge on any atom is -0.506 e. The maximum absolute atomic E-state index is 14.6. The smallest absolute Gasteiger partial charge is 0.254 e. The first kappa shape index (κ1) is 37.3. The standard InChI is InChI=1S/C44H44N2O11/c1-54-34-17-25-16-29(23-8-2-3-9-23)37(32(48)20-46-19-24-10-4-5-11-26(24)42(46)52)39(50)36(25)40-28(34)14-15-33(30-18-45-31-13-7-6-12-27(30)31)55-21-35-38(49)41(51)44(53,22-47)43(56-35)57-40/h4-7,10-18,23,33,35,38,41,43,45,47,49-51,53H,2-3,8-9,19-22H2,1H3/b15-14+/t33-,35-,38-,41+,43-,44-/m1/s1. The van der Waals surface area contributed by atoms with Crippen LogP contribution in [0.4, 0.5) is 0 Å². The highest BCUT2D eigenvalue weighted by Gasteiger charge is 2.56. The second kappa shape index (κ2) is 14.6. The molecule has 4 aromatic carbocycles. The molecule has 57 heavy (non-hydrogen) atoms. The van der Waals surface area contributed by atoms with Gasteiger partial charge >= 0.3 is 0 Å². The lowest BCUT2D eigenvalue weighted by Crippen LogP contribution is -2.69. The molecular formula is C44H44N2O11. The third-order valence-electron chi connectivity index (χ3n) is 12.1. The minimum atomic E-state index is -2.54. The Hall–Kier alpha value is -5.28. The van der Waals surface area contributed by atoms with E-state index in [0.717, 1.165) is 47.7 Å². The van der Waals surface area contributed by atoms with Crippen molar-refractivity contribution in [3.8, 4) is 17.2 Å². The molecule has 2 bridgehead atoms. The van der Waals surface area contributed by atoms with Gasteiger partial charge in [0.15, 0.2) is 11.4 Å². The number of hydrogen-bond donors (Lipinski definition) is 6. The topological polar surface area (TPSA) is 191 Å². The number of ether oxygens (including phenoxy) is 4. The zero-order chi connectivity index (χ0) is 39.6. The van der Waals surface area contributed by atoms with E-state index >= 15 is 0 Å². The zero-order valence-corrected chi connectivity index (χ0v) is 31.3. The summed E-state index contributed by atoms with van der Waals surface area (Å²) in [6, 6.07) is 18.5. The van der Waals surface area contributed by atoms with Crippen LogP contribution in [-0.2, 0) is 16.0 Å². The third kappa shape index (κ3) is 6.17. The number of para-hydroxylation sites is 1. The number of nitrogens with one attached hydrogen (secondary N) is 1. The molecule has 3 aliphatic heterocycles. The van der Waals surface area contributed by atoms with Crippen molar-refractivity contribution in [1.29, 1.82) is 0 Å². The number of nitrogens with zero attached hydrogens (tertiary/aromatic N) is 1. The first-order valence-corrected chi connectivity index (χ1v) is 19.3. The van der Waals surface area contributed by atoms with E-state index in [0.29, 0.717) is 22.3 Å². The van der Waals surface area contributed by atoms with Crippen LogP contribution in [0.5, 0.6) is 17.2 Å². The second-order valence-electron chi connectivity index (χ2n) is 15.4. The number of aromatic hydroxyl groups is 1. The van der Waals surface area contributed by atoms with Crippen LogP contribution in [0.1, 0.15) is 80.7 Å². The Labute approximate surface area is 327 Å². The van der Waals surface area contributed by atoms with Gasteiger partial charge in [0.05, 0.1) is 43.4 Å². The number of Topliss-reactive ketones (excluding diaryl/α,β-unsaturated/α-hetero) is 1. The quantitative estimate of drug-likeness (QED) is 0.124. The highest BCUT2D eigenvalue weighted by Crippen LogP contribution is 2.50. The molecule has 4 heterocycles. The van der Waals surface area contributed by atoms with Crippen LogP contribution in [0, 0.1) is 0 Å². The number of ketones is 1. The molecular weight excluding hydrogens is 732 g/mol. The maximum Gasteiger partial charge on any atom is 0.254 e. The molecule has 2 fully saturated rings. The van der Waals surface area contributed by atoms with Crippen LogP contribution < -0.4 is 9.47 Å². The molecule has 5 aromatic rings. The van der Waals surface area contributed by atoms with Gasteiger partial charge in [0.2, 0.25) is 6.29 Å². The fourth-order valence-corrected chi connectivity index (χ4v) is 9.02. The normalized spacial score (nSPS) is 26.9. The number of carbonyl (C=O) groups is 2. The summed E-state index contributed by atoms with van der Waals surface area (Å²) in [4.78, 5) is 32.7. The highest BCUT2D eigenvalue weighted by molar-refractivity contribution is 6.11. The lowest BCUT2D eigenvalue weighted by molar-refractivity contribution is -0.329. The van der Waals surface area contributed by atoms with Crippen molar-refractivity contribution >= 4 is 39.4 Å². The Balaban J connectivity index is 1.24. The van der Waals surface area contributed by atoms with E-state index in [1.54, 1.807) is 30.4 Å². The van der Waals surface area contributed by atoms with Crippen molar-refractivity contribution in [2.45, 2.75) is 74.5 Å². The number of phenolic OH excluding ortho intramolecular Hbond substituents is 1. The molecule has 1 aliphatic carbocycles. The molecule has 13 nitrogen and oxygen atoms in total. The third-order valence-corrected chi connectivity index (χ3v) is 12.1. The summed E-state index contributed by atoms with van der Waals surface area (Å²) in [6.07, 6.45) is 1.32. The number of amides is 1. The second-order valence-corrected chi connectivity index (χ2v) is 15.4. The number of aromatic amines is 1. The van der Waals surface area contributed by atoms with Gasteiger partial charge in [-0.15, -0.1) is 0 Å². The first-order chi connectivity index (χ1) is 27.6. The number of carbonyl (C=O) groups excluding carboxylic acids is 2.